The molecule has 8 heterocycles. The molecule has 2 fully saturated rings. The molecule has 4 aliphatic heterocycles. The van der Waals surface area contributed by atoms with Gasteiger partial charge in [-0.25, -0.2) is 9.97 Å². The van der Waals surface area contributed by atoms with Gasteiger partial charge in [0.15, 0.2) is 0 Å². The summed E-state index contributed by atoms with van der Waals surface area (Å²) >= 11 is 2.84. The summed E-state index contributed by atoms with van der Waals surface area (Å²) in [7, 11) is 0. The number of β-lactam (4-membered cyclic amide) rings is 2. The van der Waals surface area contributed by atoms with Crippen LogP contribution in [-0.2, 0) is 19.2 Å². The van der Waals surface area contributed by atoms with Gasteiger partial charge in [-0.15, -0.1) is 22.7 Å². The molecule has 8 atom stereocenters. The fourth-order valence-corrected chi connectivity index (χ4v) is 9.69. The second-order valence-corrected chi connectivity index (χ2v) is 14.2. The van der Waals surface area contributed by atoms with Gasteiger partial charge in [-0.3, -0.25) is 18.4 Å². The number of aliphatic hydroxyl groups excluding tert-OH is 2. The van der Waals surface area contributed by atoms with E-state index in [1.54, 1.807) is 38.9 Å². The molecule has 0 saturated carbocycles. The number of fused-ring (bicyclic) bond motifs is 4. The summed E-state index contributed by atoms with van der Waals surface area (Å²) in [5.74, 6) is -4.92. The van der Waals surface area contributed by atoms with Crippen molar-refractivity contribution in [1.82, 2.24) is 28.6 Å². The van der Waals surface area contributed by atoms with Gasteiger partial charge in [0.05, 0.1) is 94.3 Å². The van der Waals surface area contributed by atoms with Crippen LogP contribution in [0, 0.1) is 23.7 Å². The molecular weight excluding hydrogens is 682 g/mol. The van der Waals surface area contributed by atoms with Gasteiger partial charge in [0.2, 0.25) is 11.8 Å². The number of aliphatic hydroxyl groups is 2. The smallest absolute Gasteiger partial charge is 0.543 e. The number of carbonyl (C=O) groups excluding carboxylic acids is 4. The Kier molecular flexibility index (Phi) is 10.3. The first-order valence-electron chi connectivity index (χ1n) is 14.6. The maximum Gasteiger partial charge on any atom is 1.00 e. The van der Waals surface area contributed by atoms with E-state index in [0.29, 0.717) is 11.1 Å². The van der Waals surface area contributed by atoms with E-state index in [2.05, 4.69) is 9.97 Å². The van der Waals surface area contributed by atoms with Crippen molar-refractivity contribution in [2.24, 2.45) is 23.7 Å². The maximum atomic E-state index is 12.3. The summed E-state index contributed by atoms with van der Waals surface area (Å²) < 4.78 is 3.63. The van der Waals surface area contributed by atoms with Crippen molar-refractivity contribution in [3.63, 3.8) is 0 Å². The molecule has 14 nitrogen and oxygen atoms in total. The van der Waals surface area contributed by atoms with Crippen molar-refractivity contribution in [1.29, 1.82) is 0 Å². The molecule has 0 unspecified atom stereocenters. The number of rotatable bonds is 6. The standard InChI is InChI=1S/2C15H15N3O4S.2Na/c2*1-6-10(8-4-17-5-16-3-9(17)23-8)13(15(21)22)18-12(6)11(7(2)19)14(18)20;;/h2*3-7,11-12,19H,1-2H3,(H,21,22);;/q;;2*+1/p-2/t2*6-,7+,11+,12+;;/m00../s1. The molecule has 4 aromatic heterocycles. The van der Waals surface area contributed by atoms with Crippen molar-refractivity contribution in [3.05, 3.63) is 58.6 Å². The largest absolute Gasteiger partial charge is 1.00 e. The number of carboxylic acids is 2. The van der Waals surface area contributed by atoms with Crippen LogP contribution in [-0.4, -0.2) is 86.8 Å². The molecule has 0 bridgehead atoms. The topological polar surface area (TPSA) is 196 Å². The zero-order chi connectivity index (χ0) is 32.9. The molecule has 240 valence electrons. The maximum absolute atomic E-state index is 12.3. The molecule has 2 N–H and O–H groups in total. The van der Waals surface area contributed by atoms with Gasteiger partial charge < -0.3 is 39.8 Å². The second kappa shape index (κ2) is 13.4. The van der Waals surface area contributed by atoms with Crippen LogP contribution in [0.1, 0.15) is 37.4 Å². The number of imidazole rings is 2. The predicted octanol–water partition coefficient (Wildman–Crippen LogP) is -6.56. The van der Waals surface area contributed by atoms with Crippen molar-refractivity contribution in [3.8, 4) is 0 Å². The third-order valence-corrected chi connectivity index (χ3v) is 11.6. The van der Waals surface area contributed by atoms with E-state index in [1.165, 1.54) is 32.5 Å². The van der Waals surface area contributed by atoms with Crippen molar-refractivity contribution < 1.29 is 98.7 Å². The van der Waals surface area contributed by atoms with E-state index in [4.69, 9.17) is 0 Å². The number of aromatic nitrogens is 4. The van der Waals surface area contributed by atoms with Gasteiger partial charge in [0, 0.05) is 35.4 Å². The minimum Gasteiger partial charge on any atom is -0.543 e. The van der Waals surface area contributed by atoms with Crippen LogP contribution < -0.4 is 69.3 Å². The Bertz CT molecular complexity index is 1830. The Morgan fingerprint density at radius 1 is 0.750 bits per heavy atom. The number of carboxylic acid groups (broad SMARTS) is 2. The zero-order valence-electron chi connectivity index (χ0n) is 26.9. The molecule has 48 heavy (non-hydrogen) atoms. The summed E-state index contributed by atoms with van der Waals surface area (Å²) in [5.41, 5.74) is 1.06. The summed E-state index contributed by atoms with van der Waals surface area (Å²) in [6, 6.07) is -0.657. The Labute approximate surface area is 326 Å². The van der Waals surface area contributed by atoms with E-state index in [9.17, 15) is 39.6 Å². The van der Waals surface area contributed by atoms with E-state index >= 15 is 0 Å². The SMILES string of the molecule is C[C@@H](O)[C@H]1C(=O)N2C(C(=O)[O-])=C(c3cn4cncc4s3)[C@H](C)[C@H]12.C[C@@H](O)[C@H]1C(=O)N2C(C(=O)[O-])=C(c3cn4cncc4s3)[C@H](C)[C@H]12.[Na+].[Na+]. The molecule has 2 amide bonds. The van der Waals surface area contributed by atoms with Crippen molar-refractivity contribution in [2.45, 2.75) is 52.0 Å². The third-order valence-electron chi connectivity index (χ3n) is 9.46. The Morgan fingerprint density at radius 2 is 1.10 bits per heavy atom. The second-order valence-electron chi connectivity index (χ2n) is 12.1. The Morgan fingerprint density at radius 3 is 1.40 bits per heavy atom. The van der Waals surface area contributed by atoms with Crippen LogP contribution in [0.15, 0.2) is 48.8 Å². The van der Waals surface area contributed by atoms with Crippen LogP contribution >= 0.6 is 22.7 Å². The van der Waals surface area contributed by atoms with E-state index in [1.807, 2.05) is 35.0 Å². The molecule has 4 aliphatic rings. The minimum absolute atomic E-state index is 0. The number of hydrogen-bond donors (Lipinski definition) is 2. The number of nitrogens with zero attached hydrogens (tertiary/aromatic N) is 6. The van der Waals surface area contributed by atoms with Crippen molar-refractivity contribution in [2.75, 3.05) is 0 Å². The third kappa shape index (κ3) is 5.36. The molecule has 0 aromatic carbocycles. The number of hydrogen-bond acceptors (Lipinski definition) is 12. The van der Waals surface area contributed by atoms with Crippen LogP contribution in [0.4, 0.5) is 0 Å². The minimum atomic E-state index is -1.36. The zero-order valence-corrected chi connectivity index (χ0v) is 32.6. The number of aliphatic carboxylic acids is 2. The van der Waals surface area contributed by atoms with Crippen LogP contribution in [0.2, 0.25) is 0 Å². The van der Waals surface area contributed by atoms with E-state index < -0.39 is 36.0 Å². The van der Waals surface area contributed by atoms with Gasteiger partial charge >= 0.3 is 59.1 Å². The van der Waals surface area contributed by atoms with Crippen LogP contribution in [0.25, 0.3) is 20.8 Å². The van der Waals surface area contributed by atoms with Gasteiger partial charge in [0.25, 0.3) is 0 Å². The summed E-state index contributed by atoms with van der Waals surface area (Å²) in [6.45, 7) is 6.89. The van der Waals surface area contributed by atoms with Gasteiger partial charge in [-0.05, 0) is 13.8 Å². The Balaban J connectivity index is 0.000000180. The normalized spacial score (nSPS) is 27.0. The number of carbonyl (C=O) groups is 4. The van der Waals surface area contributed by atoms with Crippen LogP contribution in [0.3, 0.4) is 0 Å². The average Bonchev–Trinajstić information content (AvgIpc) is 3.78. The van der Waals surface area contributed by atoms with Gasteiger partial charge in [0.1, 0.15) is 9.66 Å². The number of amides is 2. The molecular formula is C30H28N6Na2O8S2. The van der Waals surface area contributed by atoms with E-state index in [0.717, 1.165) is 19.4 Å². The predicted molar refractivity (Wildman–Crippen MR) is 160 cm³/mol. The molecule has 2 saturated heterocycles. The monoisotopic (exact) mass is 710 g/mol. The summed E-state index contributed by atoms with van der Waals surface area (Å²) in [6.07, 6.45) is 8.70. The fourth-order valence-electron chi connectivity index (χ4n) is 7.48. The number of thiazole rings is 2. The molecule has 0 aliphatic carbocycles. The molecule has 8 rings (SSSR count). The van der Waals surface area contributed by atoms with Crippen molar-refractivity contribution >= 4 is 67.2 Å². The average molecular weight is 711 g/mol. The fraction of sp³-hybridized carbons (Fsp3) is 0.400. The van der Waals surface area contributed by atoms with Gasteiger partial charge in [-0.1, -0.05) is 13.8 Å². The Hall–Kier alpha value is -2.38. The first kappa shape index (κ1) is 36.9. The molecule has 18 heteroatoms. The molecule has 0 spiro atoms. The summed E-state index contributed by atoms with van der Waals surface area (Å²) in [4.78, 5) is 61.8. The van der Waals surface area contributed by atoms with Gasteiger partial charge in [-0.2, -0.15) is 0 Å². The molecule has 4 aromatic rings. The first-order chi connectivity index (χ1) is 21.8. The molecule has 0 radical (unpaired) electrons. The summed E-state index contributed by atoms with van der Waals surface area (Å²) in [5, 5.41) is 43.0. The van der Waals surface area contributed by atoms with Crippen LogP contribution in [0.5, 0.6) is 0 Å². The van der Waals surface area contributed by atoms with E-state index in [-0.39, 0.29) is 106 Å². The first-order valence-corrected chi connectivity index (χ1v) is 16.2. The quantitative estimate of drug-likeness (QED) is 0.144.